The Kier molecular flexibility index (Phi) is 8.04. The van der Waals surface area contributed by atoms with Crippen molar-refractivity contribution in [3.63, 3.8) is 0 Å². The Labute approximate surface area is 185 Å². The van der Waals surface area contributed by atoms with Crippen LogP contribution in [0.3, 0.4) is 0 Å². The van der Waals surface area contributed by atoms with Crippen molar-refractivity contribution in [1.82, 2.24) is 9.88 Å². The normalized spacial score (nSPS) is 15.5. The Balaban J connectivity index is 1.58. The van der Waals surface area contributed by atoms with Crippen LogP contribution >= 0.6 is 0 Å². The average molecular weight is 423 g/mol. The van der Waals surface area contributed by atoms with Crippen molar-refractivity contribution in [3.05, 3.63) is 54.2 Å². The van der Waals surface area contributed by atoms with Gasteiger partial charge in [0, 0.05) is 32.6 Å². The van der Waals surface area contributed by atoms with Crippen LogP contribution in [0.25, 0.3) is 0 Å². The third-order valence-corrected chi connectivity index (χ3v) is 5.70. The van der Waals surface area contributed by atoms with Gasteiger partial charge in [-0.3, -0.25) is 9.59 Å². The first-order valence-electron chi connectivity index (χ1n) is 11.3. The van der Waals surface area contributed by atoms with Crippen molar-refractivity contribution in [3.8, 4) is 0 Å². The van der Waals surface area contributed by atoms with Crippen LogP contribution in [0, 0.1) is 5.92 Å². The van der Waals surface area contributed by atoms with Gasteiger partial charge in [0.2, 0.25) is 11.8 Å². The van der Waals surface area contributed by atoms with Gasteiger partial charge in [0.1, 0.15) is 5.82 Å². The Bertz CT molecular complexity index is 852. The van der Waals surface area contributed by atoms with E-state index in [1.165, 1.54) is 0 Å². The molecule has 0 radical (unpaired) electrons. The van der Waals surface area contributed by atoms with Crippen LogP contribution in [0.15, 0.2) is 48.7 Å². The summed E-state index contributed by atoms with van der Waals surface area (Å²) in [5, 5.41) is 3.00. The standard InChI is InChI=1S/C25H34N4O2/c1-4-22(20-9-6-5-7-10-20)25(31)27-21-11-12-23(26-18-21)28-13-8-14-29(16-15-28)24(30)17-19(2)3/h5-7,9-12,18-19,22H,4,8,13-17H2,1-3H3,(H,27,31)/t22-/m0/s1. The second kappa shape index (κ2) is 10.9. The van der Waals surface area contributed by atoms with Crippen molar-refractivity contribution in [2.45, 2.75) is 46.0 Å². The lowest BCUT2D eigenvalue weighted by Crippen LogP contribution is -2.35. The summed E-state index contributed by atoms with van der Waals surface area (Å²) in [5.74, 6) is 1.31. The fourth-order valence-electron chi connectivity index (χ4n) is 4.01. The zero-order valence-corrected chi connectivity index (χ0v) is 18.9. The van der Waals surface area contributed by atoms with Gasteiger partial charge in [-0.2, -0.15) is 0 Å². The molecule has 2 aromatic rings. The molecular weight excluding hydrogens is 388 g/mol. The lowest BCUT2D eigenvalue weighted by atomic mass is 9.95. The van der Waals surface area contributed by atoms with E-state index in [0.29, 0.717) is 18.0 Å². The molecule has 166 valence electrons. The number of benzene rings is 1. The van der Waals surface area contributed by atoms with Gasteiger partial charge in [-0.05, 0) is 36.5 Å². The van der Waals surface area contributed by atoms with Crippen molar-refractivity contribution < 1.29 is 9.59 Å². The fraction of sp³-hybridized carbons (Fsp3) is 0.480. The first-order valence-corrected chi connectivity index (χ1v) is 11.3. The van der Waals surface area contributed by atoms with Crippen LogP contribution in [-0.2, 0) is 9.59 Å². The minimum Gasteiger partial charge on any atom is -0.355 e. The molecule has 6 nitrogen and oxygen atoms in total. The van der Waals surface area contributed by atoms with Gasteiger partial charge in [-0.1, -0.05) is 51.1 Å². The van der Waals surface area contributed by atoms with Crippen LogP contribution in [-0.4, -0.2) is 47.9 Å². The number of nitrogens with one attached hydrogen (secondary N) is 1. The summed E-state index contributed by atoms with van der Waals surface area (Å²) >= 11 is 0. The summed E-state index contributed by atoms with van der Waals surface area (Å²) in [7, 11) is 0. The smallest absolute Gasteiger partial charge is 0.231 e. The zero-order valence-electron chi connectivity index (χ0n) is 18.9. The second-order valence-electron chi connectivity index (χ2n) is 8.59. The van der Waals surface area contributed by atoms with E-state index < -0.39 is 0 Å². The molecule has 1 aliphatic rings. The van der Waals surface area contributed by atoms with Gasteiger partial charge in [-0.25, -0.2) is 4.98 Å². The number of amides is 2. The SMILES string of the molecule is CC[C@H](C(=O)Nc1ccc(N2CCCN(C(=O)CC(C)C)CC2)nc1)c1ccccc1. The average Bonchev–Trinajstić information content (AvgIpc) is 3.02. The van der Waals surface area contributed by atoms with E-state index in [9.17, 15) is 9.59 Å². The number of hydrogen-bond acceptors (Lipinski definition) is 4. The third-order valence-electron chi connectivity index (χ3n) is 5.70. The zero-order chi connectivity index (χ0) is 22.2. The number of carbonyl (C=O) groups is 2. The molecule has 6 heteroatoms. The third kappa shape index (κ3) is 6.29. The Morgan fingerprint density at radius 3 is 2.45 bits per heavy atom. The van der Waals surface area contributed by atoms with Crippen LogP contribution in [0.2, 0.25) is 0 Å². The summed E-state index contributed by atoms with van der Waals surface area (Å²) < 4.78 is 0. The van der Waals surface area contributed by atoms with Crippen LogP contribution in [0.1, 0.15) is 51.5 Å². The van der Waals surface area contributed by atoms with E-state index in [1.54, 1.807) is 6.20 Å². The molecular formula is C25H34N4O2. The fourth-order valence-corrected chi connectivity index (χ4v) is 4.01. The van der Waals surface area contributed by atoms with Crippen molar-refractivity contribution >= 4 is 23.3 Å². The molecule has 1 aliphatic heterocycles. The first kappa shape index (κ1) is 22.8. The maximum absolute atomic E-state index is 12.8. The van der Waals surface area contributed by atoms with E-state index in [1.807, 2.05) is 54.3 Å². The highest BCUT2D eigenvalue weighted by molar-refractivity contribution is 5.95. The lowest BCUT2D eigenvalue weighted by molar-refractivity contribution is -0.131. The monoisotopic (exact) mass is 422 g/mol. The predicted molar refractivity (Wildman–Crippen MR) is 125 cm³/mol. The summed E-state index contributed by atoms with van der Waals surface area (Å²) in [6, 6.07) is 13.7. The topological polar surface area (TPSA) is 65.5 Å². The summed E-state index contributed by atoms with van der Waals surface area (Å²) in [5.41, 5.74) is 1.72. The molecule has 2 heterocycles. The first-order chi connectivity index (χ1) is 15.0. The maximum Gasteiger partial charge on any atom is 0.231 e. The molecule has 1 atom stereocenters. The van der Waals surface area contributed by atoms with E-state index in [4.69, 9.17) is 0 Å². The molecule has 0 saturated carbocycles. The summed E-state index contributed by atoms with van der Waals surface area (Å²) in [6.07, 6.45) is 3.99. The largest absolute Gasteiger partial charge is 0.355 e. The van der Waals surface area contributed by atoms with Crippen molar-refractivity contribution in [2.75, 3.05) is 36.4 Å². The molecule has 0 aliphatic carbocycles. The quantitative estimate of drug-likeness (QED) is 0.723. The van der Waals surface area contributed by atoms with Gasteiger partial charge in [0.15, 0.2) is 0 Å². The predicted octanol–water partition coefficient (Wildman–Crippen LogP) is 4.30. The highest BCUT2D eigenvalue weighted by atomic mass is 16.2. The van der Waals surface area contributed by atoms with Gasteiger partial charge >= 0.3 is 0 Å². The van der Waals surface area contributed by atoms with Crippen LogP contribution in [0.5, 0.6) is 0 Å². The minimum absolute atomic E-state index is 0.0164. The van der Waals surface area contributed by atoms with E-state index in [0.717, 1.165) is 50.4 Å². The molecule has 1 N–H and O–H groups in total. The van der Waals surface area contributed by atoms with Gasteiger partial charge in [0.05, 0.1) is 17.8 Å². The number of aromatic nitrogens is 1. The van der Waals surface area contributed by atoms with Crippen LogP contribution < -0.4 is 10.2 Å². The Hall–Kier alpha value is -2.89. The van der Waals surface area contributed by atoms with Gasteiger partial charge in [-0.15, -0.1) is 0 Å². The number of rotatable bonds is 7. The molecule has 1 fully saturated rings. The van der Waals surface area contributed by atoms with E-state index in [2.05, 4.69) is 29.0 Å². The van der Waals surface area contributed by atoms with E-state index >= 15 is 0 Å². The van der Waals surface area contributed by atoms with Crippen LogP contribution in [0.4, 0.5) is 11.5 Å². The Morgan fingerprint density at radius 2 is 1.81 bits per heavy atom. The number of hydrogen-bond donors (Lipinski definition) is 1. The lowest BCUT2D eigenvalue weighted by Gasteiger charge is -2.23. The van der Waals surface area contributed by atoms with Crippen molar-refractivity contribution in [2.24, 2.45) is 5.92 Å². The molecule has 0 bridgehead atoms. The number of carbonyl (C=O) groups excluding carboxylic acids is 2. The van der Waals surface area contributed by atoms with Crippen molar-refractivity contribution in [1.29, 1.82) is 0 Å². The highest BCUT2D eigenvalue weighted by Crippen LogP contribution is 2.22. The molecule has 0 unspecified atom stereocenters. The molecule has 31 heavy (non-hydrogen) atoms. The maximum atomic E-state index is 12.8. The molecule has 0 spiro atoms. The number of pyridine rings is 1. The van der Waals surface area contributed by atoms with Gasteiger partial charge in [0.25, 0.3) is 0 Å². The second-order valence-corrected chi connectivity index (χ2v) is 8.59. The highest BCUT2D eigenvalue weighted by Gasteiger charge is 2.21. The van der Waals surface area contributed by atoms with E-state index in [-0.39, 0.29) is 17.7 Å². The van der Waals surface area contributed by atoms with Gasteiger partial charge < -0.3 is 15.1 Å². The molecule has 3 rings (SSSR count). The molecule has 1 aromatic heterocycles. The number of anilines is 2. The molecule has 1 saturated heterocycles. The molecule has 2 amide bonds. The summed E-state index contributed by atoms with van der Waals surface area (Å²) in [4.78, 5) is 33.9. The molecule has 1 aromatic carbocycles. The minimum atomic E-state index is -0.180. The Morgan fingerprint density at radius 1 is 1.03 bits per heavy atom. The number of nitrogens with zero attached hydrogens (tertiary/aromatic N) is 3. The summed E-state index contributed by atoms with van der Waals surface area (Å²) in [6.45, 7) is 9.34.